The van der Waals surface area contributed by atoms with Crippen molar-refractivity contribution in [2.75, 3.05) is 5.75 Å². The predicted molar refractivity (Wildman–Crippen MR) is 55.8 cm³/mol. The van der Waals surface area contributed by atoms with Crippen molar-refractivity contribution >= 4 is 30.5 Å². The fraction of sp³-hybridized carbons (Fsp3) is 0.857. The number of hydrogen-bond acceptors (Lipinski definition) is 4. The fourth-order valence-electron chi connectivity index (χ4n) is 0.497. The van der Waals surface area contributed by atoms with E-state index in [4.69, 9.17) is 5.11 Å². The summed E-state index contributed by atoms with van der Waals surface area (Å²) in [6.45, 7) is 6.15. The van der Waals surface area contributed by atoms with Crippen LogP contribution in [-0.2, 0) is 4.79 Å². The Balaban J connectivity index is 3.81. The van der Waals surface area contributed by atoms with E-state index in [2.05, 4.69) is 38.3 Å². The summed E-state index contributed by atoms with van der Waals surface area (Å²) in [5, 5.41) is 8.65. The first-order valence-corrected chi connectivity index (χ1v) is 5.06. The Morgan fingerprint density at radius 1 is 1.67 bits per heavy atom. The van der Waals surface area contributed by atoms with E-state index in [1.807, 2.05) is 0 Å². The van der Waals surface area contributed by atoms with Gasteiger partial charge in [0.1, 0.15) is 6.04 Å². The Morgan fingerprint density at radius 3 is 2.42 bits per heavy atom. The molecule has 0 aromatic rings. The predicted octanol–water partition coefficient (Wildman–Crippen LogP) is 1.41. The van der Waals surface area contributed by atoms with Crippen molar-refractivity contribution in [3.63, 3.8) is 0 Å². The van der Waals surface area contributed by atoms with Crippen molar-refractivity contribution in [1.29, 1.82) is 0 Å². The average molecular weight is 209 g/mol. The van der Waals surface area contributed by atoms with Crippen LogP contribution < -0.4 is 4.72 Å². The molecule has 0 heterocycles. The number of nitrogens with one attached hydrogen (secondary N) is 1. The lowest BCUT2D eigenvalue weighted by molar-refractivity contribution is -0.138. The third-order valence-electron chi connectivity index (χ3n) is 1.14. The SMILES string of the molecule is CC(C)(C)SC[C@H](NS)C(=O)O. The smallest absolute Gasteiger partial charge is 0.322 e. The van der Waals surface area contributed by atoms with Crippen LogP contribution in [0.1, 0.15) is 20.8 Å². The number of aliphatic carboxylic acids is 1. The largest absolute Gasteiger partial charge is 0.480 e. The zero-order valence-electron chi connectivity index (χ0n) is 7.50. The molecule has 0 aliphatic heterocycles. The summed E-state index contributed by atoms with van der Waals surface area (Å²) in [5.74, 6) is -0.329. The minimum absolute atomic E-state index is 0.0956. The molecular weight excluding hydrogens is 194 g/mol. The van der Waals surface area contributed by atoms with Gasteiger partial charge >= 0.3 is 5.97 Å². The highest BCUT2D eigenvalue weighted by Gasteiger charge is 2.19. The van der Waals surface area contributed by atoms with Crippen LogP contribution >= 0.6 is 24.6 Å². The van der Waals surface area contributed by atoms with Crippen molar-refractivity contribution in [3.8, 4) is 0 Å². The second-order valence-electron chi connectivity index (χ2n) is 3.44. The average Bonchev–Trinajstić information content (AvgIpc) is 1.85. The number of hydrogen-bond donors (Lipinski definition) is 3. The van der Waals surface area contributed by atoms with Gasteiger partial charge in [-0.25, -0.2) is 0 Å². The van der Waals surface area contributed by atoms with Crippen molar-refractivity contribution < 1.29 is 9.90 Å². The molecule has 0 aromatic carbocycles. The van der Waals surface area contributed by atoms with Gasteiger partial charge in [0, 0.05) is 10.5 Å². The van der Waals surface area contributed by atoms with Gasteiger partial charge in [0.15, 0.2) is 0 Å². The van der Waals surface area contributed by atoms with Crippen molar-refractivity contribution in [1.82, 2.24) is 4.72 Å². The Kier molecular flexibility index (Phi) is 5.04. The Labute approximate surface area is 82.8 Å². The first-order valence-electron chi connectivity index (χ1n) is 3.63. The number of thiol groups is 1. The molecule has 0 saturated carbocycles. The summed E-state index contributed by atoms with van der Waals surface area (Å²) in [4.78, 5) is 10.5. The van der Waals surface area contributed by atoms with Crippen LogP contribution in [0.3, 0.4) is 0 Å². The van der Waals surface area contributed by atoms with Crippen LogP contribution in [0.4, 0.5) is 0 Å². The van der Waals surface area contributed by atoms with E-state index < -0.39 is 12.0 Å². The van der Waals surface area contributed by atoms with Gasteiger partial charge in [-0.05, 0) is 0 Å². The van der Waals surface area contributed by atoms with E-state index in [1.54, 1.807) is 11.8 Å². The van der Waals surface area contributed by atoms with E-state index in [9.17, 15) is 4.79 Å². The summed E-state index contributed by atoms with van der Waals surface area (Å²) >= 11 is 5.34. The maximum absolute atomic E-state index is 10.5. The summed E-state index contributed by atoms with van der Waals surface area (Å²) in [5.41, 5.74) is 0. The van der Waals surface area contributed by atoms with Gasteiger partial charge in [0.05, 0.1) is 0 Å². The molecule has 0 radical (unpaired) electrons. The molecular formula is C7H15NO2S2. The van der Waals surface area contributed by atoms with E-state index in [-0.39, 0.29) is 4.75 Å². The van der Waals surface area contributed by atoms with E-state index in [0.717, 1.165) is 0 Å². The van der Waals surface area contributed by atoms with Crippen molar-refractivity contribution in [2.24, 2.45) is 0 Å². The molecule has 72 valence electrons. The highest BCUT2D eigenvalue weighted by Crippen LogP contribution is 2.23. The Bertz CT molecular complexity index is 156. The second kappa shape index (κ2) is 4.99. The van der Waals surface area contributed by atoms with Crippen LogP contribution in [0.25, 0.3) is 0 Å². The number of carboxylic acids is 1. The van der Waals surface area contributed by atoms with Crippen LogP contribution in [0.5, 0.6) is 0 Å². The summed E-state index contributed by atoms with van der Waals surface area (Å²) < 4.78 is 2.54. The molecule has 0 spiro atoms. The zero-order valence-corrected chi connectivity index (χ0v) is 9.21. The number of carboxylic acid groups (broad SMARTS) is 1. The van der Waals surface area contributed by atoms with Gasteiger partial charge in [-0.2, -0.15) is 11.8 Å². The molecule has 0 aliphatic rings. The van der Waals surface area contributed by atoms with Crippen LogP contribution in [0.15, 0.2) is 0 Å². The summed E-state index contributed by atoms with van der Waals surface area (Å²) in [6.07, 6.45) is 0. The summed E-state index contributed by atoms with van der Waals surface area (Å²) in [7, 11) is 0. The normalized spacial score (nSPS) is 14.3. The molecule has 0 rings (SSSR count). The van der Waals surface area contributed by atoms with Crippen LogP contribution in [0, 0.1) is 0 Å². The van der Waals surface area contributed by atoms with Gasteiger partial charge in [-0.3, -0.25) is 9.52 Å². The maximum atomic E-state index is 10.5. The molecule has 1 atom stereocenters. The van der Waals surface area contributed by atoms with E-state index in [0.29, 0.717) is 5.75 Å². The molecule has 0 fully saturated rings. The van der Waals surface area contributed by atoms with E-state index in [1.165, 1.54) is 0 Å². The Hall–Kier alpha value is 0.130. The third-order valence-corrected chi connectivity index (χ3v) is 2.81. The molecule has 0 aromatic heterocycles. The minimum atomic E-state index is -0.859. The van der Waals surface area contributed by atoms with Gasteiger partial charge in [0.2, 0.25) is 0 Å². The lowest BCUT2D eigenvalue weighted by Crippen LogP contribution is -2.34. The monoisotopic (exact) mass is 209 g/mol. The second-order valence-corrected chi connectivity index (χ2v) is 5.55. The minimum Gasteiger partial charge on any atom is -0.480 e. The topological polar surface area (TPSA) is 49.3 Å². The number of carbonyl (C=O) groups is 1. The molecule has 0 unspecified atom stereocenters. The maximum Gasteiger partial charge on any atom is 0.322 e. The summed E-state index contributed by atoms with van der Waals surface area (Å²) in [6, 6.07) is -0.572. The standard InChI is InChI=1S/C7H15NO2S2/c1-7(2,3)12-4-5(8-11)6(9)10/h5,8,11H,4H2,1-3H3,(H,9,10)/t5-/m0/s1. The van der Waals surface area contributed by atoms with Gasteiger partial charge in [-0.15, -0.1) is 0 Å². The molecule has 0 bridgehead atoms. The Morgan fingerprint density at radius 2 is 2.17 bits per heavy atom. The van der Waals surface area contributed by atoms with Gasteiger partial charge in [0.25, 0.3) is 0 Å². The first kappa shape index (κ1) is 12.1. The molecule has 12 heavy (non-hydrogen) atoms. The third kappa shape index (κ3) is 5.74. The molecule has 0 aliphatic carbocycles. The highest BCUT2D eigenvalue weighted by molar-refractivity contribution is 8.00. The van der Waals surface area contributed by atoms with Crippen LogP contribution in [-0.4, -0.2) is 27.6 Å². The molecule has 5 heteroatoms. The number of rotatable bonds is 4. The quantitative estimate of drug-likeness (QED) is 0.613. The van der Waals surface area contributed by atoms with E-state index >= 15 is 0 Å². The van der Waals surface area contributed by atoms with Crippen molar-refractivity contribution in [3.05, 3.63) is 0 Å². The van der Waals surface area contributed by atoms with Gasteiger partial charge < -0.3 is 5.11 Å². The van der Waals surface area contributed by atoms with Gasteiger partial charge in [-0.1, -0.05) is 33.6 Å². The fourth-order valence-corrected chi connectivity index (χ4v) is 1.71. The zero-order chi connectivity index (χ0) is 9.78. The molecule has 3 nitrogen and oxygen atoms in total. The molecule has 0 saturated heterocycles. The number of thioether (sulfide) groups is 1. The first-order chi connectivity index (χ1) is 5.37. The molecule has 0 amide bonds. The van der Waals surface area contributed by atoms with Crippen molar-refractivity contribution in [2.45, 2.75) is 31.6 Å². The highest BCUT2D eigenvalue weighted by atomic mass is 32.2. The molecule has 2 N–H and O–H groups in total. The van der Waals surface area contributed by atoms with Crippen LogP contribution in [0.2, 0.25) is 0 Å². The lowest BCUT2D eigenvalue weighted by atomic mass is 10.3. The lowest BCUT2D eigenvalue weighted by Gasteiger charge is -2.19.